The number of carbonyl (C=O) groups is 1. The summed E-state index contributed by atoms with van der Waals surface area (Å²) in [5.74, 6) is 0.0987. The van der Waals surface area contributed by atoms with E-state index in [0.29, 0.717) is 18.8 Å². The molecule has 122 valence electrons. The summed E-state index contributed by atoms with van der Waals surface area (Å²) in [5, 5.41) is 13.7. The van der Waals surface area contributed by atoms with Crippen LogP contribution in [0.3, 0.4) is 0 Å². The number of nitrogens with zero attached hydrogens (tertiary/aromatic N) is 2. The third kappa shape index (κ3) is 2.82. The number of carbonyl (C=O) groups excluding carboxylic acids is 1. The minimum atomic E-state index is -0.769. The number of benzene rings is 1. The minimum absolute atomic E-state index is 0.0864. The largest absolute Gasteiger partial charge is 0.390 e. The predicted octanol–water partition coefficient (Wildman–Crippen LogP) is 1.77. The molecule has 1 aliphatic rings. The Morgan fingerprint density at radius 1 is 1.26 bits per heavy atom. The average molecular weight is 315 g/mol. The SMILES string of the molecule is Cn1c(=O)ccc2c(NC(=O)N3CC(C(C)(C)O)C3)cccc21. The van der Waals surface area contributed by atoms with E-state index < -0.39 is 5.60 Å². The summed E-state index contributed by atoms with van der Waals surface area (Å²) >= 11 is 0. The summed E-state index contributed by atoms with van der Waals surface area (Å²) < 4.78 is 1.55. The molecular formula is C17H21N3O3. The molecule has 1 aromatic heterocycles. The zero-order valence-electron chi connectivity index (χ0n) is 13.5. The van der Waals surface area contributed by atoms with Gasteiger partial charge >= 0.3 is 6.03 Å². The maximum atomic E-state index is 12.3. The van der Waals surface area contributed by atoms with Gasteiger partial charge in [-0.1, -0.05) is 6.07 Å². The Morgan fingerprint density at radius 3 is 2.61 bits per heavy atom. The van der Waals surface area contributed by atoms with Crippen LogP contribution in [0.1, 0.15) is 13.8 Å². The fourth-order valence-corrected chi connectivity index (χ4v) is 2.80. The van der Waals surface area contributed by atoms with Gasteiger partial charge in [0.2, 0.25) is 0 Å². The Bertz CT molecular complexity index is 814. The van der Waals surface area contributed by atoms with Crippen molar-refractivity contribution in [2.75, 3.05) is 18.4 Å². The molecule has 2 amide bonds. The zero-order valence-corrected chi connectivity index (χ0v) is 13.5. The molecule has 0 bridgehead atoms. The molecule has 1 aliphatic heterocycles. The second-order valence-electron chi connectivity index (χ2n) is 6.65. The maximum absolute atomic E-state index is 12.3. The van der Waals surface area contributed by atoms with Crippen LogP contribution in [0.2, 0.25) is 0 Å². The van der Waals surface area contributed by atoms with Gasteiger partial charge in [0.05, 0.1) is 16.8 Å². The molecule has 0 radical (unpaired) electrons. The van der Waals surface area contributed by atoms with Crippen molar-refractivity contribution < 1.29 is 9.90 Å². The lowest BCUT2D eigenvalue weighted by atomic mass is 9.85. The van der Waals surface area contributed by atoms with Gasteiger partial charge in [0.15, 0.2) is 0 Å². The van der Waals surface area contributed by atoms with Crippen molar-refractivity contribution in [3.63, 3.8) is 0 Å². The lowest BCUT2D eigenvalue weighted by Gasteiger charge is -2.45. The van der Waals surface area contributed by atoms with Crippen molar-refractivity contribution in [2.24, 2.45) is 13.0 Å². The molecular weight excluding hydrogens is 294 g/mol. The Kier molecular flexibility index (Phi) is 3.64. The number of anilines is 1. The number of urea groups is 1. The standard InChI is InChI=1S/C17H21N3O3/c1-17(2,23)11-9-20(10-11)16(22)18-13-5-4-6-14-12(13)7-8-15(21)19(14)3/h4-8,11,23H,9-10H2,1-3H3,(H,18,22). The molecule has 0 aliphatic carbocycles. The highest BCUT2D eigenvalue weighted by atomic mass is 16.3. The van der Waals surface area contributed by atoms with Crippen LogP contribution in [0.25, 0.3) is 10.9 Å². The van der Waals surface area contributed by atoms with Crippen LogP contribution in [0, 0.1) is 5.92 Å². The van der Waals surface area contributed by atoms with Crippen molar-refractivity contribution >= 4 is 22.6 Å². The van der Waals surface area contributed by atoms with E-state index in [1.165, 1.54) is 6.07 Å². The minimum Gasteiger partial charge on any atom is -0.390 e. The van der Waals surface area contributed by atoms with E-state index in [1.807, 2.05) is 18.2 Å². The number of hydrogen-bond acceptors (Lipinski definition) is 3. The van der Waals surface area contributed by atoms with Crippen molar-refractivity contribution in [1.29, 1.82) is 0 Å². The number of likely N-dealkylation sites (tertiary alicyclic amines) is 1. The number of aromatic nitrogens is 1. The molecule has 2 N–H and O–H groups in total. The smallest absolute Gasteiger partial charge is 0.321 e. The van der Waals surface area contributed by atoms with Crippen LogP contribution in [-0.2, 0) is 7.05 Å². The van der Waals surface area contributed by atoms with Gasteiger partial charge in [-0.15, -0.1) is 0 Å². The number of fused-ring (bicyclic) bond motifs is 1. The number of pyridine rings is 1. The van der Waals surface area contributed by atoms with E-state index in [-0.39, 0.29) is 17.5 Å². The van der Waals surface area contributed by atoms with Crippen molar-refractivity contribution in [1.82, 2.24) is 9.47 Å². The zero-order chi connectivity index (χ0) is 16.8. The first-order chi connectivity index (χ1) is 10.8. The van der Waals surface area contributed by atoms with E-state index in [1.54, 1.807) is 36.4 Å². The topological polar surface area (TPSA) is 74.6 Å². The van der Waals surface area contributed by atoms with Gasteiger partial charge in [-0.05, 0) is 32.0 Å². The number of nitrogens with one attached hydrogen (secondary N) is 1. The van der Waals surface area contributed by atoms with Crippen LogP contribution >= 0.6 is 0 Å². The number of amides is 2. The van der Waals surface area contributed by atoms with E-state index in [9.17, 15) is 14.7 Å². The molecule has 0 saturated carbocycles. The predicted molar refractivity (Wildman–Crippen MR) is 89.6 cm³/mol. The van der Waals surface area contributed by atoms with Gasteiger partial charge in [0.25, 0.3) is 5.56 Å². The van der Waals surface area contributed by atoms with Crippen LogP contribution in [0.5, 0.6) is 0 Å². The molecule has 0 spiro atoms. The van der Waals surface area contributed by atoms with E-state index in [2.05, 4.69) is 5.32 Å². The summed E-state index contributed by atoms with van der Waals surface area (Å²) in [6.45, 7) is 4.60. The van der Waals surface area contributed by atoms with E-state index in [0.717, 1.165) is 10.9 Å². The van der Waals surface area contributed by atoms with Gasteiger partial charge in [-0.2, -0.15) is 0 Å². The van der Waals surface area contributed by atoms with E-state index in [4.69, 9.17) is 0 Å². The number of hydrogen-bond donors (Lipinski definition) is 2. The Morgan fingerprint density at radius 2 is 1.96 bits per heavy atom. The highest BCUT2D eigenvalue weighted by Gasteiger charge is 2.39. The molecule has 2 heterocycles. The fourth-order valence-electron chi connectivity index (χ4n) is 2.80. The molecule has 0 unspecified atom stereocenters. The molecule has 6 nitrogen and oxygen atoms in total. The third-order valence-electron chi connectivity index (χ3n) is 4.58. The van der Waals surface area contributed by atoms with Crippen LogP contribution in [-0.4, -0.2) is 39.3 Å². The van der Waals surface area contributed by atoms with Crippen molar-refractivity contribution in [3.05, 3.63) is 40.7 Å². The molecule has 1 saturated heterocycles. The second-order valence-corrected chi connectivity index (χ2v) is 6.65. The summed E-state index contributed by atoms with van der Waals surface area (Å²) in [5.41, 5.74) is 0.592. The molecule has 1 aromatic carbocycles. The first-order valence-electron chi connectivity index (χ1n) is 7.64. The lowest BCUT2D eigenvalue weighted by Crippen LogP contribution is -2.58. The molecule has 0 atom stereocenters. The van der Waals surface area contributed by atoms with Crippen LogP contribution < -0.4 is 10.9 Å². The molecule has 3 rings (SSSR count). The summed E-state index contributed by atoms with van der Waals surface area (Å²) in [6.07, 6.45) is 0. The lowest BCUT2D eigenvalue weighted by molar-refractivity contribution is -0.0440. The highest BCUT2D eigenvalue weighted by molar-refractivity contribution is 6.00. The summed E-state index contributed by atoms with van der Waals surface area (Å²) in [6, 6.07) is 8.51. The molecule has 6 heteroatoms. The van der Waals surface area contributed by atoms with E-state index >= 15 is 0 Å². The van der Waals surface area contributed by atoms with Crippen molar-refractivity contribution in [3.8, 4) is 0 Å². The van der Waals surface area contributed by atoms with Gasteiger partial charge in [0, 0.05) is 37.5 Å². The van der Waals surface area contributed by atoms with Crippen molar-refractivity contribution in [2.45, 2.75) is 19.4 Å². The normalized spacial score (nSPS) is 15.6. The first kappa shape index (κ1) is 15.6. The molecule has 1 fully saturated rings. The van der Waals surface area contributed by atoms with Gasteiger partial charge < -0.3 is 19.9 Å². The van der Waals surface area contributed by atoms with Gasteiger partial charge in [0.1, 0.15) is 0 Å². The fraction of sp³-hybridized carbons (Fsp3) is 0.412. The number of aliphatic hydroxyl groups is 1. The summed E-state index contributed by atoms with van der Waals surface area (Å²) in [7, 11) is 1.71. The highest BCUT2D eigenvalue weighted by Crippen LogP contribution is 2.28. The van der Waals surface area contributed by atoms with Gasteiger partial charge in [-0.3, -0.25) is 4.79 Å². The van der Waals surface area contributed by atoms with Gasteiger partial charge in [-0.25, -0.2) is 4.79 Å². The quantitative estimate of drug-likeness (QED) is 0.887. The summed E-state index contributed by atoms with van der Waals surface area (Å²) in [4.78, 5) is 25.7. The molecule has 23 heavy (non-hydrogen) atoms. The Hall–Kier alpha value is -2.34. The first-order valence-corrected chi connectivity index (χ1v) is 7.64. The monoisotopic (exact) mass is 315 g/mol. The Balaban J connectivity index is 1.79. The molecule has 2 aromatic rings. The van der Waals surface area contributed by atoms with Crippen LogP contribution in [0.4, 0.5) is 10.5 Å². The second kappa shape index (κ2) is 5.38. The average Bonchev–Trinajstić information content (AvgIpc) is 2.40. The third-order valence-corrected chi connectivity index (χ3v) is 4.58. The van der Waals surface area contributed by atoms with Crippen LogP contribution in [0.15, 0.2) is 35.1 Å². The Labute approximate surface area is 134 Å². The maximum Gasteiger partial charge on any atom is 0.321 e. The number of aryl methyl sites for hydroxylation is 1. The number of rotatable bonds is 2.